The number of benzene rings is 2. The van der Waals surface area contributed by atoms with Gasteiger partial charge in [0.25, 0.3) is 0 Å². The lowest BCUT2D eigenvalue weighted by Gasteiger charge is -2.04. The second-order valence-corrected chi connectivity index (χ2v) is 4.35. The van der Waals surface area contributed by atoms with Crippen LogP contribution in [0.1, 0.15) is 0 Å². The van der Waals surface area contributed by atoms with Crippen molar-refractivity contribution in [2.24, 2.45) is 0 Å². The molecule has 2 aromatic carbocycles. The Morgan fingerprint density at radius 3 is 1.89 bits per heavy atom. The smallest absolute Gasteiger partial charge is 0.133 e. The molecule has 92 valence electrons. The van der Waals surface area contributed by atoms with Crippen LogP contribution in [0.4, 0.5) is 0 Å². The van der Waals surface area contributed by atoms with Crippen LogP contribution in [0.15, 0.2) is 72.9 Å². The van der Waals surface area contributed by atoms with Crippen molar-refractivity contribution in [1.29, 1.82) is 0 Å². The summed E-state index contributed by atoms with van der Waals surface area (Å²) in [4.78, 5) is 4.20. The molecule has 3 rings (SSSR count). The third kappa shape index (κ3) is 2.47. The molecule has 2 nitrogen and oxygen atoms in total. The molecule has 1 aromatic heterocycles. The second-order valence-electron chi connectivity index (χ2n) is 4.35. The molecule has 0 aliphatic heterocycles. The number of pyridine rings is 1. The van der Waals surface area contributed by atoms with Crippen LogP contribution in [0.5, 0.6) is 5.75 Å². The average Bonchev–Trinajstić information content (AvgIpc) is 2.49. The van der Waals surface area contributed by atoms with Crippen LogP contribution in [-0.4, -0.2) is 10.1 Å². The van der Waals surface area contributed by atoms with Crippen LogP contribution >= 0.6 is 0 Å². The van der Waals surface area contributed by atoms with Gasteiger partial charge in [0.1, 0.15) is 5.75 Å². The summed E-state index contributed by atoms with van der Waals surface area (Å²) in [5, 5.41) is 9.23. The highest BCUT2D eigenvalue weighted by atomic mass is 16.3. The van der Waals surface area contributed by atoms with Crippen molar-refractivity contribution in [1.82, 2.24) is 4.98 Å². The molecule has 0 amide bonds. The van der Waals surface area contributed by atoms with Crippen molar-refractivity contribution in [2.45, 2.75) is 0 Å². The molecular weight excluding hydrogens is 234 g/mol. The summed E-state index contributed by atoms with van der Waals surface area (Å²) in [5.41, 5.74) is 4.29. The van der Waals surface area contributed by atoms with Crippen LogP contribution in [-0.2, 0) is 0 Å². The van der Waals surface area contributed by atoms with E-state index in [-0.39, 0.29) is 5.75 Å². The van der Waals surface area contributed by atoms with Gasteiger partial charge in [-0.1, -0.05) is 54.6 Å². The number of hydrogen-bond acceptors (Lipinski definition) is 2. The number of aromatic nitrogens is 1. The maximum atomic E-state index is 9.23. The van der Waals surface area contributed by atoms with E-state index in [1.165, 1.54) is 17.3 Å². The van der Waals surface area contributed by atoms with E-state index in [0.29, 0.717) is 0 Å². The van der Waals surface area contributed by atoms with Crippen molar-refractivity contribution in [3.05, 3.63) is 72.9 Å². The van der Waals surface area contributed by atoms with Gasteiger partial charge in [-0.3, -0.25) is 4.98 Å². The number of hydrogen-bond donors (Lipinski definition) is 1. The second kappa shape index (κ2) is 4.94. The zero-order valence-corrected chi connectivity index (χ0v) is 10.3. The minimum absolute atomic E-state index is 0.185. The van der Waals surface area contributed by atoms with Gasteiger partial charge in [0.15, 0.2) is 0 Å². The maximum Gasteiger partial charge on any atom is 0.133 e. The molecule has 2 heteroatoms. The topological polar surface area (TPSA) is 33.1 Å². The van der Waals surface area contributed by atoms with Crippen molar-refractivity contribution < 1.29 is 5.11 Å². The Morgan fingerprint density at radius 1 is 0.632 bits per heavy atom. The predicted molar refractivity (Wildman–Crippen MR) is 76.8 cm³/mol. The normalized spacial score (nSPS) is 10.3. The van der Waals surface area contributed by atoms with Gasteiger partial charge in [0.2, 0.25) is 0 Å². The van der Waals surface area contributed by atoms with E-state index in [2.05, 4.69) is 29.2 Å². The molecule has 3 aromatic rings. The van der Waals surface area contributed by atoms with Gasteiger partial charge in [0, 0.05) is 5.56 Å². The standard InChI is InChI=1S/C17H13NO/c19-16-10-11-17(18-12-16)15-8-6-14(7-9-15)13-4-2-1-3-5-13/h1-12,19H. The number of nitrogens with zero attached hydrogens (tertiary/aromatic N) is 1. The first-order valence-electron chi connectivity index (χ1n) is 6.14. The monoisotopic (exact) mass is 247 g/mol. The lowest BCUT2D eigenvalue weighted by atomic mass is 10.0. The third-order valence-corrected chi connectivity index (χ3v) is 3.04. The molecule has 0 aliphatic carbocycles. The van der Waals surface area contributed by atoms with E-state index in [1.807, 2.05) is 36.4 Å². The Hall–Kier alpha value is -2.61. The zero-order valence-electron chi connectivity index (χ0n) is 10.3. The minimum Gasteiger partial charge on any atom is -0.506 e. The maximum absolute atomic E-state index is 9.23. The summed E-state index contributed by atoms with van der Waals surface area (Å²) in [6.45, 7) is 0. The quantitative estimate of drug-likeness (QED) is 0.738. The Balaban J connectivity index is 1.93. The predicted octanol–water partition coefficient (Wildman–Crippen LogP) is 4.12. The molecule has 0 unspecified atom stereocenters. The average molecular weight is 247 g/mol. The van der Waals surface area contributed by atoms with Crippen molar-refractivity contribution in [3.8, 4) is 28.1 Å². The molecule has 1 heterocycles. The van der Waals surface area contributed by atoms with E-state index >= 15 is 0 Å². The Kier molecular flexibility index (Phi) is 2.99. The summed E-state index contributed by atoms with van der Waals surface area (Å²) in [5.74, 6) is 0.185. The van der Waals surface area contributed by atoms with Gasteiger partial charge in [0.05, 0.1) is 11.9 Å². The molecule has 0 saturated heterocycles. The molecule has 19 heavy (non-hydrogen) atoms. The summed E-state index contributed by atoms with van der Waals surface area (Å²) >= 11 is 0. The molecule has 0 spiro atoms. The third-order valence-electron chi connectivity index (χ3n) is 3.04. The van der Waals surface area contributed by atoms with Gasteiger partial charge in [-0.15, -0.1) is 0 Å². The first-order valence-corrected chi connectivity index (χ1v) is 6.14. The SMILES string of the molecule is Oc1ccc(-c2ccc(-c3ccccc3)cc2)nc1. The highest BCUT2D eigenvalue weighted by Gasteiger charge is 2.01. The molecule has 1 N–H and O–H groups in total. The summed E-state index contributed by atoms with van der Waals surface area (Å²) in [7, 11) is 0. The van der Waals surface area contributed by atoms with Crippen LogP contribution in [0, 0.1) is 0 Å². The number of rotatable bonds is 2. The summed E-state index contributed by atoms with van der Waals surface area (Å²) in [6.07, 6.45) is 1.46. The lowest BCUT2D eigenvalue weighted by molar-refractivity contribution is 0.473. The first-order chi connectivity index (χ1) is 9.33. The Morgan fingerprint density at radius 2 is 1.26 bits per heavy atom. The fourth-order valence-corrected chi connectivity index (χ4v) is 2.02. The molecule has 0 bridgehead atoms. The Bertz CT molecular complexity index is 658. The minimum atomic E-state index is 0.185. The highest BCUT2D eigenvalue weighted by molar-refractivity contribution is 5.68. The van der Waals surface area contributed by atoms with Gasteiger partial charge in [-0.05, 0) is 23.3 Å². The largest absolute Gasteiger partial charge is 0.506 e. The Labute approximate surface area is 112 Å². The molecule has 0 fully saturated rings. The van der Waals surface area contributed by atoms with E-state index < -0.39 is 0 Å². The van der Waals surface area contributed by atoms with Gasteiger partial charge in [-0.25, -0.2) is 0 Å². The first kappa shape index (κ1) is 11.5. The van der Waals surface area contributed by atoms with Gasteiger partial charge >= 0.3 is 0 Å². The van der Waals surface area contributed by atoms with Crippen molar-refractivity contribution in [2.75, 3.05) is 0 Å². The van der Waals surface area contributed by atoms with Crippen LogP contribution in [0.2, 0.25) is 0 Å². The van der Waals surface area contributed by atoms with Crippen molar-refractivity contribution >= 4 is 0 Å². The molecule has 0 radical (unpaired) electrons. The van der Waals surface area contributed by atoms with Gasteiger partial charge < -0.3 is 5.11 Å². The van der Waals surface area contributed by atoms with Crippen LogP contribution in [0.25, 0.3) is 22.4 Å². The van der Waals surface area contributed by atoms with Crippen LogP contribution < -0.4 is 0 Å². The zero-order chi connectivity index (χ0) is 13.1. The molecule has 0 aliphatic rings. The van der Waals surface area contributed by atoms with Gasteiger partial charge in [-0.2, -0.15) is 0 Å². The fraction of sp³-hybridized carbons (Fsp3) is 0. The molecule has 0 saturated carbocycles. The summed E-state index contributed by atoms with van der Waals surface area (Å²) in [6, 6.07) is 22.0. The van der Waals surface area contributed by atoms with E-state index in [4.69, 9.17) is 0 Å². The summed E-state index contributed by atoms with van der Waals surface area (Å²) < 4.78 is 0. The van der Waals surface area contributed by atoms with E-state index in [9.17, 15) is 5.11 Å². The molecule has 0 atom stereocenters. The van der Waals surface area contributed by atoms with E-state index in [0.717, 1.165) is 11.3 Å². The lowest BCUT2D eigenvalue weighted by Crippen LogP contribution is -1.83. The number of aromatic hydroxyl groups is 1. The van der Waals surface area contributed by atoms with Crippen LogP contribution in [0.3, 0.4) is 0 Å². The highest BCUT2D eigenvalue weighted by Crippen LogP contribution is 2.24. The van der Waals surface area contributed by atoms with Crippen molar-refractivity contribution in [3.63, 3.8) is 0 Å². The fourth-order valence-electron chi connectivity index (χ4n) is 2.02. The molecular formula is C17H13NO. The van der Waals surface area contributed by atoms with E-state index in [1.54, 1.807) is 6.07 Å².